The molecule has 1 aliphatic heterocycles. The number of aromatic nitrogens is 2. The number of hydrogen-bond acceptors (Lipinski definition) is 7. The Labute approximate surface area is 254 Å². The predicted molar refractivity (Wildman–Crippen MR) is 166 cm³/mol. The minimum absolute atomic E-state index is 0.0947. The second-order valence-electron chi connectivity index (χ2n) is 10.2. The van der Waals surface area contributed by atoms with Crippen LogP contribution >= 0.6 is 27.3 Å². The average molecular weight is 650 g/mol. The third-order valence-electron chi connectivity index (χ3n) is 7.43. The second-order valence-corrected chi connectivity index (χ2v) is 12.1. The summed E-state index contributed by atoms with van der Waals surface area (Å²) in [6.45, 7) is 11.2. The van der Waals surface area contributed by atoms with Crippen LogP contribution in [-0.2, 0) is 9.53 Å². The number of carbonyl (C=O) groups is 1. The van der Waals surface area contributed by atoms with Gasteiger partial charge < -0.3 is 9.30 Å². The molecule has 0 amide bonds. The predicted octanol–water partition coefficient (Wildman–Crippen LogP) is 5.49. The van der Waals surface area contributed by atoms with E-state index in [1.807, 2.05) is 32.9 Å². The number of benzene rings is 2. The van der Waals surface area contributed by atoms with Crippen LogP contribution in [0.4, 0.5) is 5.69 Å². The third kappa shape index (κ3) is 5.07. The summed E-state index contributed by atoms with van der Waals surface area (Å²) < 4.78 is 10.3. The van der Waals surface area contributed by atoms with E-state index >= 15 is 0 Å². The number of allylic oxidation sites excluding steroid dienone is 1. The number of aryl methyl sites for hydroxylation is 3. The van der Waals surface area contributed by atoms with Crippen molar-refractivity contribution < 1.29 is 14.5 Å². The van der Waals surface area contributed by atoms with Crippen molar-refractivity contribution in [3.05, 3.63) is 122 Å². The van der Waals surface area contributed by atoms with E-state index in [9.17, 15) is 19.7 Å². The molecule has 42 heavy (non-hydrogen) atoms. The first-order valence-corrected chi connectivity index (χ1v) is 14.9. The molecule has 0 radical (unpaired) electrons. The molecule has 216 valence electrons. The summed E-state index contributed by atoms with van der Waals surface area (Å²) in [6.07, 6.45) is 1.84. The summed E-state index contributed by atoms with van der Waals surface area (Å²) in [5, 5.41) is 11.8. The molecular weight excluding hydrogens is 620 g/mol. The number of carbonyl (C=O) groups excluding carboxylic acids is 1. The van der Waals surface area contributed by atoms with Gasteiger partial charge in [0.1, 0.15) is 0 Å². The molecule has 9 nitrogen and oxygen atoms in total. The summed E-state index contributed by atoms with van der Waals surface area (Å²) in [5.41, 5.74) is 6.02. The summed E-state index contributed by atoms with van der Waals surface area (Å²) >= 11 is 4.83. The highest BCUT2D eigenvalue weighted by Crippen LogP contribution is 2.33. The molecule has 1 aliphatic rings. The van der Waals surface area contributed by atoms with Crippen molar-refractivity contribution in [3.8, 4) is 5.69 Å². The Hall–Kier alpha value is -4.09. The van der Waals surface area contributed by atoms with E-state index in [0.717, 1.165) is 32.7 Å². The zero-order valence-corrected chi connectivity index (χ0v) is 26.4. The number of nitrogens with zero attached hydrogens (tertiary/aromatic N) is 4. The lowest BCUT2D eigenvalue weighted by molar-refractivity contribution is -0.385. The maximum absolute atomic E-state index is 14.0. The fourth-order valence-electron chi connectivity index (χ4n) is 5.29. The van der Waals surface area contributed by atoms with Gasteiger partial charge in [0.05, 0.1) is 33.4 Å². The molecular formula is C31H29BrN4O5S. The molecule has 0 saturated carbocycles. The lowest BCUT2D eigenvalue weighted by Crippen LogP contribution is -2.40. The van der Waals surface area contributed by atoms with Crippen LogP contribution in [0.25, 0.3) is 11.8 Å². The Morgan fingerprint density at radius 3 is 2.50 bits per heavy atom. The van der Waals surface area contributed by atoms with Crippen LogP contribution in [0.15, 0.2) is 68.0 Å². The molecule has 1 unspecified atom stereocenters. The summed E-state index contributed by atoms with van der Waals surface area (Å²) in [7, 11) is 0. The molecule has 3 heterocycles. The molecule has 5 rings (SSSR count). The Bertz CT molecular complexity index is 2000. The monoisotopic (exact) mass is 648 g/mol. The van der Waals surface area contributed by atoms with Crippen molar-refractivity contribution >= 4 is 45.0 Å². The maximum atomic E-state index is 14.0. The molecule has 0 fully saturated rings. The van der Waals surface area contributed by atoms with Gasteiger partial charge in [-0.2, -0.15) is 0 Å². The largest absolute Gasteiger partial charge is 0.463 e. The van der Waals surface area contributed by atoms with E-state index in [2.05, 4.69) is 43.7 Å². The smallest absolute Gasteiger partial charge is 0.338 e. The summed E-state index contributed by atoms with van der Waals surface area (Å²) in [4.78, 5) is 43.5. The summed E-state index contributed by atoms with van der Waals surface area (Å²) in [5.74, 6) is -0.617. The van der Waals surface area contributed by atoms with Crippen LogP contribution in [-0.4, -0.2) is 26.6 Å². The number of nitro groups is 1. The first kappa shape index (κ1) is 29.4. The van der Waals surface area contributed by atoms with Gasteiger partial charge in [0.25, 0.3) is 11.2 Å². The van der Waals surface area contributed by atoms with Crippen LogP contribution in [0.2, 0.25) is 0 Å². The van der Waals surface area contributed by atoms with Crippen molar-refractivity contribution in [2.24, 2.45) is 4.99 Å². The van der Waals surface area contributed by atoms with Gasteiger partial charge in [-0.25, -0.2) is 9.79 Å². The van der Waals surface area contributed by atoms with Crippen molar-refractivity contribution in [2.75, 3.05) is 6.61 Å². The number of rotatable bonds is 6. The lowest BCUT2D eigenvalue weighted by atomic mass is 9.94. The van der Waals surface area contributed by atoms with Crippen molar-refractivity contribution in [1.82, 2.24) is 9.13 Å². The highest BCUT2D eigenvalue weighted by molar-refractivity contribution is 9.10. The van der Waals surface area contributed by atoms with Crippen molar-refractivity contribution in [2.45, 2.75) is 47.6 Å². The Morgan fingerprint density at radius 1 is 1.12 bits per heavy atom. The molecule has 11 heteroatoms. The van der Waals surface area contributed by atoms with Gasteiger partial charge in [0.2, 0.25) is 0 Å². The quantitative estimate of drug-likeness (QED) is 0.156. The van der Waals surface area contributed by atoms with Gasteiger partial charge in [0, 0.05) is 33.2 Å². The molecule has 2 aromatic heterocycles. The van der Waals surface area contributed by atoms with Gasteiger partial charge in [-0.1, -0.05) is 45.5 Å². The third-order valence-corrected chi connectivity index (χ3v) is 9.27. The van der Waals surface area contributed by atoms with Crippen LogP contribution in [0.1, 0.15) is 53.5 Å². The van der Waals surface area contributed by atoms with Crippen LogP contribution in [0.3, 0.4) is 0 Å². The zero-order valence-electron chi connectivity index (χ0n) is 24.0. The second kappa shape index (κ2) is 11.3. The molecule has 1 atom stereocenters. The van der Waals surface area contributed by atoms with Crippen LogP contribution < -0.4 is 14.9 Å². The fourth-order valence-corrected chi connectivity index (χ4v) is 6.70. The van der Waals surface area contributed by atoms with E-state index < -0.39 is 16.9 Å². The Balaban J connectivity index is 1.71. The molecule has 0 saturated heterocycles. The molecule has 0 bridgehead atoms. The maximum Gasteiger partial charge on any atom is 0.338 e. The molecule has 0 N–H and O–H groups in total. The van der Waals surface area contributed by atoms with Gasteiger partial charge in [-0.3, -0.25) is 19.5 Å². The number of nitro benzene ring substituents is 1. The van der Waals surface area contributed by atoms with E-state index in [1.54, 1.807) is 32.9 Å². The minimum atomic E-state index is -0.931. The molecule has 0 aliphatic carbocycles. The highest BCUT2D eigenvalue weighted by atomic mass is 79.9. The number of halogens is 1. The summed E-state index contributed by atoms with van der Waals surface area (Å²) in [6, 6.07) is 12.0. The van der Waals surface area contributed by atoms with E-state index in [-0.39, 0.29) is 23.4 Å². The SMILES string of the molecule is CCOC(=O)C1=C(C)N=c2sc(=Cc3cc(C)n(-c4ccc(C)c(Br)c4)c3C)c(=O)n2C1c1ccc(C)c([N+](=O)[O-])c1. The first-order valence-electron chi connectivity index (χ1n) is 13.3. The Morgan fingerprint density at radius 2 is 1.83 bits per heavy atom. The lowest BCUT2D eigenvalue weighted by Gasteiger charge is -2.24. The van der Waals surface area contributed by atoms with E-state index in [4.69, 9.17) is 4.74 Å². The number of thiazole rings is 1. The minimum Gasteiger partial charge on any atom is -0.463 e. The van der Waals surface area contributed by atoms with Crippen molar-refractivity contribution in [1.29, 1.82) is 0 Å². The van der Waals surface area contributed by atoms with Gasteiger partial charge in [0.15, 0.2) is 4.80 Å². The van der Waals surface area contributed by atoms with Crippen molar-refractivity contribution in [3.63, 3.8) is 0 Å². The van der Waals surface area contributed by atoms with Gasteiger partial charge >= 0.3 is 5.97 Å². The fraction of sp³-hybridized carbons (Fsp3) is 0.258. The van der Waals surface area contributed by atoms with Crippen LogP contribution in [0, 0.1) is 37.8 Å². The van der Waals surface area contributed by atoms with E-state index in [1.165, 1.54) is 22.0 Å². The number of ether oxygens (including phenoxy) is 1. The average Bonchev–Trinajstić information content (AvgIpc) is 3.39. The normalized spacial score (nSPS) is 15.0. The molecule has 2 aromatic carbocycles. The molecule has 4 aromatic rings. The standard InChI is InChI=1S/C31H29BrN4O5S/c1-7-41-30(38)27-19(5)33-31-35(28(27)21-10-8-17(3)25(13-21)36(39)40)29(37)26(42-31)14-22-12-18(4)34(20(22)6)23-11-9-16(2)24(32)15-23/h8-15,28H,7H2,1-6H3. The number of hydrogen-bond donors (Lipinski definition) is 0. The Kier molecular flexibility index (Phi) is 7.91. The van der Waals surface area contributed by atoms with Gasteiger partial charge in [-0.15, -0.1) is 0 Å². The molecule has 0 spiro atoms. The topological polar surface area (TPSA) is 109 Å². The zero-order chi connectivity index (χ0) is 30.5. The number of esters is 1. The highest BCUT2D eigenvalue weighted by Gasteiger charge is 2.34. The van der Waals surface area contributed by atoms with E-state index in [0.29, 0.717) is 26.2 Å². The first-order chi connectivity index (χ1) is 19.9. The van der Waals surface area contributed by atoms with Gasteiger partial charge in [-0.05, 0) is 82.5 Å². The number of fused-ring (bicyclic) bond motifs is 1. The van der Waals surface area contributed by atoms with Crippen LogP contribution in [0.5, 0.6) is 0 Å².